The number of nitrogens with zero attached hydrogens (tertiary/aromatic N) is 2. The first kappa shape index (κ1) is 13.3. The van der Waals surface area contributed by atoms with Crippen molar-refractivity contribution in [3.63, 3.8) is 0 Å². The number of nitrogens with one attached hydrogen (secondary N) is 1. The van der Waals surface area contributed by atoms with Crippen molar-refractivity contribution in [2.45, 2.75) is 51.4 Å². The number of aliphatic carboxylic acids is 1. The van der Waals surface area contributed by atoms with Crippen molar-refractivity contribution < 1.29 is 9.90 Å². The Morgan fingerprint density at radius 2 is 2.05 bits per heavy atom. The largest absolute Gasteiger partial charge is 0.481 e. The molecule has 2 N–H and O–H groups in total. The summed E-state index contributed by atoms with van der Waals surface area (Å²) < 4.78 is 0. The van der Waals surface area contributed by atoms with E-state index in [1.54, 1.807) is 6.33 Å². The lowest BCUT2D eigenvalue weighted by atomic mass is 9.66. The fraction of sp³-hybridized carbons (Fsp3) is 0.667. The number of anilines is 1. The van der Waals surface area contributed by atoms with Gasteiger partial charge in [-0.05, 0) is 43.9 Å². The number of hydrogen-bond acceptors (Lipinski definition) is 4. The van der Waals surface area contributed by atoms with Gasteiger partial charge >= 0.3 is 5.97 Å². The van der Waals surface area contributed by atoms with Crippen LogP contribution >= 0.6 is 0 Å². The first-order valence-electron chi connectivity index (χ1n) is 7.47. The Bertz CT molecular complexity index is 512. The number of aromatic nitrogens is 2. The van der Waals surface area contributed by atoms with Gasteiger partial charge in [-0.1, -0.05) is 6.42 Å². The Hall–Kier alpha value is -1.65. The molecule has 1 saturated carbocycles. The van der Waals surface area contributed by atoms with Crippen molar-refractivity contribution in [3.8, 4) is 0 Å². The van der Waals surface area contributed by atoms with Crippen LogP contribution in [0.3, 0.4) is 0 Å². The molecule has 0 amide bonds. The van der Waals surface area contributed by atoms with Crippen LogP contribution in [0.5, 0.6) is 0 Å². The predicted molar refractivity (Wildman–Crippen MR) is 75.7 cm³/mol. The third kappa shape index (κ3) is 2.62. The lowest BCUT2D eigenvalue weighted by Crippen LogP contribution is -2.39. The van der Waals surface area contributed by atoms with Gasteiger partial charge in [0.2, 0.25) is 0 Å². The third-order valence-corrected chi connectivity index (χ3v) is 4.70. The first-order valence-corrected chi connectivity index (χ1v) is 7.47. The van der Waals surface area contributed by atoms with Crippen LogP contribution in [0.4, 0.5) is 5.82 Å². The molecule has 1 aromatic rings. The second-order valence-corrected chi connectivity index (χ2v) is 6.13. The molecule has 0 aliphatic heterocycles. The van der Waals surface area contributed by atoms with Gasteiger partial charge in [-0.2, -0.15) is 0 Å². The topological polar surface area (TPSA) is 75.1 Å². The van der Waals surface area contributed by atoms with Gasteiger partial charge in [0, 0.05) is 17.8 Å². The fourth-order valence-electron chi connectivity index (χ4n) is 3.36. The Balaban J connectivity index is 1.70. The molecule has 0 bridgehead atoms. The van der Waals surface area contributed by atoms with Crippen LogP contribution in [0.2, 0.25) is 0 Å². The van der Waals surface area contributed by atoms with Crippen molar-refractivity contribution in [1.82, 2.24) is 9.97 Å². The van der Waals surface area contributed by atoms with Crippen LogP contribution in [-0.2, 0) is 17.6 Å². The zero-order valence-electron chi connectivity index (χ0n) is 11.7. The summed E-state index contributed by atoms with van der Waals surface area (Å²) in [7, 11) is 0. The molecule has 20 heavy (non-hydrogen) atoms. The molecule has 0 atom stereocenters. The Kier molecular flexibility index (Phi) is 3.59. The van der Waals surface area contributed by atoms with Crippen LogP contribution < -0.4 is 5.32 Å². The molecule has 0 spiro atoms. The van der Waals surface area contributed by atoms with Gasteiger partial charge in [0.25, 0.3) is 0 Å². The van der Waals surface area contributed by atoms with E-state index in [-0.39, 0.29) is 11.8 Å². The van der Waals surface area contributed by atoms with Gasteiger partial charge in [-0.15, -0.1) is 0 Å². The number of rotatable bonds is 5. The van der Waals surface area contributed by atoms with Crippen LogP contribution in [0.15, 0.2) is 6.33 Å². The van der Waals surface area contributed by atoms with Gasteiger partial charge in [0.15, 0.2) is 0 Å². The van der Waals surface area contributed by atoms with Crippen LogP contribution in [0, 0.1) is 5.41 Å². The van der Waals surface area contributed by atoms with E-state index in [2.05, 4.69) is 15.3 Å². The van der Waals surface area contributed by atoms with Crippen LogP contribution in [0.1, 0.15) is 49.8 Å². The highest BCUT2D eigenvalue weighted by atomic mass is 16.4. The maximum Gasteiger partial charge on any atom is 0.303 e. The summed E-state index contributed by atoms with van der Waals surface area (Å²) in [6.45, 7) is 0.711. The third-order valence-electron chi connectivity index (χ3n) is 4.70. The molecule has 0 unspecified atom stereocenters. The van der Waals surface area contributed by atoms with E-state index in [9.17, 15) is 4.79 Å². The number of carbonyl (C=O) groups is 1. The molecule has 1 aromatic heterocycles. The lowest BCUT2D eigenvalue weighted by Gasteiger charge is -2.41. The van der Waals surface area contributed by atoms with Crippen molar-refractivity contribution in [2.75, 3.05) is 11.9 Å². The summed E-state index contributed by atoms with van der Waals surface area (Å²) in [6.07, 6.45) is 9.47. The number of carboxylic acids is 1. The lowest BCUT2D eigenvalue weighted by molar-refractivity contribution is -0.141. The van der Waals surface area contributed by atoms with Gasteiger partial charge in [0.05, 0.1) is 6.42 Å². The minimum absolute atomic E-state index is 0.0711. The van der Waals surface area contributed by atoms with E-state index in [0.717, 1.165) is 43.6 Å². The Morgan fingerprint density at radius 3 is 2.75 bits per heavy atom. The predicted octanol–water partition coefficient (Wildman–Crippen LogP) is 2.41. The quantitative estimate of drug-likeness (QED) is 0.863. The molecule has 1 fully saturated rings. The maximum atomic E-state index is 11.0. The molecular weight excluding hydrogens is 254 g/mol. The van der Waals surface area contributed by atoms with Crippen LogP contribution in [0.25, 0.3) is 0 Å². The monoisotopic (exact) mass is 275 g/mol. The smallest absolute Gasteiger partial charge is 0.303 e. The minimum atomic E-state index is -0.698. The zero-order chi connectivity index (χ0) is 14.0. The molecule has 3 rings (SSSR count). The molecular formula is C15H21N3O2. The van der Waals surface area contributed by atoms with E-state index < -0.39 is 5.97 Å². The van der Waals surface area contributed by atoms with Crippen molar-refractivity contribution in [2.24, 2.45) is 5.41 Å². The zero-order valence-corrected chi connectivity index (χ0v) is 11.7. The second-order valence-electron chi connectivity index (χ2n) is 6.13. The summed E-state index contributed by atoms with van der Waals surface area (Å²) in [5.74, 6) is 0.225. The van der Waals surface area contributed by atoms with E-state index >= 15 is 0 Å². The average Bonchev–Trinajstić information content (AvgIpc) is 2.41. The maximum absolute atomic E-state index is 11.0. The van der Waals surface area contributed by atoms with Gasteiger partial charge < -0.3 is 10.4 Å². The van der Waals surface area contributed by atoms with E-state index in [1.165, 1.54) is 18.4 Å². The number of fused-ring (bicyclic) bond motifs is 1. The summed E-state index contributed by atoms with van der Waals surface area (Å²) in [5, 5.41) is 12.5. The highest BCUT2D eigenvalue weighted by Crippen LogP contribution is 2.44. The Labute approximate surface area is 118 Å². The summed E-state index contributed by atoms with van der Waals surface area (Å²) in [4.78, 5) is 19.7. The average molecular weight is 275 g/mol. The first-order chi connectivity index (χ1) is 9.69. The SMILES string of the molecule is O=C(O)CC1(CNc2ncnc3c2CCCC3)CCC1. The highest BCUT2D eigenvalue weighted by Gasteiger charge is 2.39. The summed E-state index contributed by atoms with van der Waals surface area (Å²) >= 11 is 0. The highest BCUT2D eigenvalue weighted by molar-refractivity contribution is 5.68. The van der Waals surface area contributed by atoms with E-state index in [0.29, 0.717) is 6.54 Å². The number of hydrogen-bond donors (Lipinski definition) is 2. The van der Waals surface area contributed by atoms with Gasteiger partial charge in [-0.3, -0.25) is 4.79 Å². The summed E-state index contributed by atoms with van der Waals surface area (Å²) in [5.41, 5.74) is 2.33. The molecule has 0 radical (unpaired) electrons. The molecule has 2 aliphatic carbocycles. The van der Waals surface area contributed by atoms with Crippen LogP contribution in [-0.4, -0.2) is 27.6 Å². The van der Waals surface area contributed by atoms with Crippen molar-refractivity contribution in [3.05, 3.63) is 17.6 Å². The van der Waals surface area contributed by atoms with E-state index in [1.807, 2.05) is 0 Å². The molecule has 0 aromatic carbocycles. The van der Waals surface area contributed by atoms with Crippen molar-refractivity contribution in [1.29, 1.82) is 0 Å². The molecule has 5 nitrogen and oxygen atoms in total. The second kappa shape index (κ2) is 5.38. The normalized spacial score (nSPS) is 19.8. The van der Waals surface area contributed by atoms with Gasteiger partial charge in [0.1, 0.15) is 12.1 Å². The van der Waals surface area contributed by atoms with E-state index in [4.69, 9.17) is 5.11 Å². The number of carboxylic acid groups (broad SMARTS) is 1. The summed E-state index contributed by atoms with van der Waals surface area (Å²) in [6, 6.07) is 0. The minimum Gasteiger partial charge on any atom is -0.481 e. The molecule has 108 valence electrons. The molecule has 2 aliphatic rings. The standard InChI is InChI=1S/C15H21N3O2/c19-13(20)8-15(6-3-7-15)9-16-14-11-4-1-2-5-12(11)17-10-18-14/h10H,1-9H2,(H,19,20)(H,16,17,18). The molecule has 5 heteroatoms. The van der Waals surface area contributed by atoms with Gasteiger partial charge in [-0.25, -0.2) is 9.97 Å². The fourth-order valence-corrected chi connectivity index (χ4v) is 3.36. The molecule has 0 saturated heterocycles. The number of aryl methyl sites for hydroxylation is 1. The Morgan fingerprint density at radius 1 is 1.25 bits per heavy atom. The van der Waals surface area contributed by atoms with Crippen molar-refractivity contribution >= 4 is 11.8 Å². The molecule has 1 heterocycles.